The molecule has 0 aliphatic rings. The summed E-state index contributed by atoms with van der Waals surface area (Å²) in [6.45, 7) is 1.98. The second-order valence-corrected chi connectivity index (χ2v) is 2.69. The molecule has 0 fully saturated rings. The quantitative estimate of drug-likeness (QED) is 0.569. The second kappa shape index (κ2) is 8.48. The maximum absolute atomic E-state index is 7.61. The van der Waals surface area contributed by atoms with Crippen LogP contribution in [0, 0.1) is 0 Å². The van der Waals surface area contributed by atoms with Gasteiger partial charge in [0, 0.05) is 10.8 Å². The molecule has 0 bridgehead atoms. The Bertz CT molecular complexity index is 147. The first-order valence-corrected chi connectivity index (χ1v) is 4.55. The molecule has 0 saturated heterocycles. The van der Waals surface area contributed by atoms with Gasteiger partial charge < -0.3 is 0 Å². The number of hydrogen-bond acceptors (Lipinski definition) is 0. The first kappa shape index (κ1) is 4.38. The lowest BCUT2D eigenvalue weighted by atomic mass is 10.1. The van der Waals surface area contributed by atoms with E-state index >= 15 is 0 Å². The van der Waals surface area contributed by atoms with Crippen LogP contribution in [0.3, 0.4) is 0 Å². The smallest absolute Gasteiger partial charge is 0.0267 e. The van der Waals surface area contributed by atoms with Crippen molar-refractivity contribution in [3.8, 4) is 0 Å². The van der Waals surface area contributed by atoms with E-state index in [1.165, 1.54) is 0 Å². The van der Waals surface area contributed by atoms with E-state index in [1.807, 2.05) is 6.92 Å². The standard InChI is InChI=1S/C8H17Br/c1-2-3-4-5-6-7-8-9/h2-8H2,1H3/i5D2,6D2. The van der Waals surface area contributed by atoms with Crippen LogP contribution in [0.4, 0.5) is 0 Å². The summed E-state index contributed by atoms with van der Waals surface area (Å²) in [5.41, 5.74) is 0. The molecule has 0 N–H and O–H groups in total. The van der Waals surface area contributed by atoms with Crippen molar-refractivity contribution in [2.45, 2.75) is 45.4 Å². The average molecular weight is 197 g/mol. The Morgan fingerprint density at radius 2 is 1.89 bits per heavy atom. The van der Waals surface area contributed by atoms with Gasteiger partial charge in [-0.2, -0.15) is 0 Å². The van der Waals surface area contributed by atoms with E-state index in [0.717, 1.165) is 12.8 Å². The van der Waals surface area contributed by atoms with E-state index in [9.17, 15) is 0 Å². The van der Waals surface area contributed by atoms with Gasteiger partial charge in [-0.1, -0.05) is 54.9 Å². The molecule has 0 unspecified atom stereocenters. The van der Waals surface area contributed by atoms with Crippen molar-refractivity contribution in [1.82, 2.24) is 0 Å². The zero-order valence-corrected chi connectivity index (χ0v) is 7.50. The Kier molecular flexibility index (Phi) is 4.12. The lowest BCUT2D eigenvalue weighted by Gasteiger charge is -1.95. The number of hydrogen-bond donors (Lipinski definition) is 0. The maximum atomic E-state index is 7.61. The van der Waals surface area contributed by atoms with Crippen molar-refractivity contribution in [3.63, 3.8) is 0 Å². The third kappa shape index (κ3) is 8.48. The Morgan fingerprint density at radius 3 is 2.44 bits per heavy atom. The molecular formula is C8H17Br. The predicted molar refractivity (Wildman–Crippen MR) is 47.2 cm³/mol. The molecule has 0 nitrogen and oxygen atoms in total. The Balaban J connectivity index is 4.22. The zero-order chi connectivity index (χ0) is 10.5. The van der Waals surface area contributed by atoms with Gasteiger partial charge in [-0.3, -0.25) is 0 Å². The fraction of sp³-hybridized carbons (Fsp3) is 1.00. The molecule has 0 aliphatic heterocycles. The fourth-order valence-electron chi connectivity index (χ4n) is 0.489. The molecule has 0 amide bonds. The van der Waals surface area contributed by atoms with Crippen LogP contribution in [0.15, 0.2) is 0 Å². The molecule has 0 spiro atoms. The van der Waals surface area contributed by atoms with Crippen molar-refractivity contribution in [1.29, 1.82) is 0 Å². The van der Waals surface area contributed by atoms with Gasteiger partial charge in [0.1, 0.15) is 0 Å². The van der Waals surface area contributed by atoms with E-state index in [0.29, 0.717) is 11.8 Å². The van der Waals surface area contributed by atoms with Crippen molar-refractivity contribution < 1.29 is 5.48 Å². The topological polar surface area (TPSA) is 0 Å². The molecule has 56 valence electrons. The van der Waals surface area contributed by atoms with Crippen molar-refractivity contribution in [2.75, 3.05) is 5.33 Å². The highest BCUT2D eigenvalue weighted by atomic mass is 79.9. The molecule has 0 aromatic rings. The molecular weight excluding hydrogens is 176 g/mol. The van der Waals surface area contributed by atoms with Gasteiger partial charge in [-0.15, -0.1) is 0 Å². The molecule has 0 rings (SSSR count). The van der Waals surface area contributed by atoms with E-state index < -0.39 is 12.7 Å². The van der Waals surface area contributed by atoms with Crippen LogP contribution in [0.2, 0.25) is 0 Å². The second-order valence-electron chi connectivity index (χ2n) is 1.90. The van der Waals surface area contributed by atoms with Gasteiger partial charge in [0.25, 0.3) is 0 Å². The monoisotopic (exact) mass is 196 g/mol. The summed E-state index contributed by atoms with van der Waals surface area (Å²) in [6.07, 6.45) is -1.23. The molecule has 0 aromatic heterocycles. The summed E-state index contributed by atoms with van der Waals surface area (Å²) in [5.74, 6) is 0. The van der Waals surface area contributed by atoms with Gasteiger partial charge in [0.2, 0.25) is 0 Å². The minimum absolute atomic E-state index is 0.226. The van der Waals surface area contributed by atoms with Gasteiger partial charge in [-0.05, 0) is 6.42 Å². The summed E-state index contributed by atoms with van der Waals surface area (Å²) >= 11 is 3.14. The van der Waals surface area contributed by atoms with Gasteiger partial charge in [0.15, 0.2) is 0 Å². The van der Waals surface area contributed by atoms with Gasteiger partial charge in [0.05, 0.1) is 0 Å². The first-order chi connectivity index (χ1) is 5.87. The van der Waals surface area contributed by atoms with Crippen LogP contribution in [0.5, 0.6) is 0 Å². The van der Waals surface area contributed by atoms with E-state index in [-0.39, 0.29) is 6.42 Å². The van der Waals surface area contributed by atoms with Gasteiger partial charge in [-0.25, -0.2) is 0 Å². The minimum atomic E-state index is -1.72. The Hall–Kier alpha value is 0.480. The first-order valence-electron chi connectivity index (χ1n) is 5.43. The predicted octanol–water partition coefficient (Wildman–Crippen LogP) is 3.74. The highest BCUT2D eigenvalue weighted by molar-refractivity contribution is 9.09. The number of unbranched alkanes of at least 4 members (excludes halogenated alkanes) is 1. The molecule has 0 heterocycles. The van der Waals surface area contributed by atoms with E-state index in [1.54, 1.807) is 0 Å². The van der Waals surface area contributed by atoms with Crippen LogP contribution < -0.4 is 0 Å². The van der Waals surface area contributed by atoms with Crippen molar-refractivity contribution in [3.05, 3.63) is 0 Å². The molecule has 9 heavy (non-hydrogen) atoms. The normalized spacial score (nSPS) is 19.8. The van der Waals surface area contributed by atoms with Crippen LogP contribution in [0.1, 0.15) is 50.8 Å². The van der Waals surface area contributed by atoms with E-state index in [2.05, 4.69) is 15.9 Å². The van der Waals surface area contributed by atoms with Crippen molar-refractivity contribution >= 4 is 15.9 Å². The zero-order valence-electron chi connectivity index (χ0n) is 9.91. The summed E-state index contributed by atoms with van der Waals surface area (Å²) < 4.78 is 30.4. The third-order valence-electron chi connectivity index (χ3n) is 1.000. The molecule has 0 atom stereocenters. The highest BCUT2D eigenvalue weighted by Crippen LogP contribution is 2.05. The van der Waals surface area contributed by atoms with Crippen molar-refractivity contribution in [2.24, 2.45) is 0 Å². The molecule has 0 saturated carbocycles. The molecule has 0 radical (unpaired) electrons. The third-order valence-corrected chi connectivity index (χ3v) is 1.40. The minimum Gasteiger partial charge on any atom is -0.0928 e. The van der Waals surface area contributed by atoms with E-state index in [4.69, 9.17) is 5.48 Å². The number of alkyl halides is 1. The summed E-state index contributed by atoms with van der Waals surface area (Å²) in [7, 11) is 0. The maximum Gasteiger partial charge on any atom is 0.0267 e. The largest absolute Gasteiger partial charge is 0.0928 e. The fourth-order valence-corrected chi connectivity index (χ4v) is 0.687. The summed E-state index contributed by atoms with van der Waals surface area (Å²) in [6, 6.07) is 0. The van der Waals surface area contributed by atoms with Crippen LogP contribution >= 0.6 is 15.9 Å². The van der Waals surface area contributed by atoms with Crippen LogP contribution in [-0.2, 0) is 0 Å². The lowest BCUT2D eigenvalue weighted by molar-refractivity contribution is 0.628. The molecule has 1 heteroatoms. The molecule has 0 aromatic carbocycles. The van der Waals surface area contributed by atoms with Gasteiger partial charge >= 0.3 is 0 Å². The highest BCUT2D eigenvalue weighted by Gasteiger charge is 1.86. The van der Waals surface area contributed by atoms with Crippen LogP contribution in [0.25, 0.3) is 0 Å². The molecule has 0 aliphatic carbocycles. The average Bonchev–Trinajstić information content (AvgIpc) is 2.00. The summed E-state index contributed by atoms with van der Waals surface area (Å²) in [4.78, 5) is 0. The lowest BCUT2D eigenvalue weighted by Crippen LogP contribution is -1.78. The SMILES string of the molecule is [2H]C([2H])(CCBr)C([2H])([2H])CCCC. The Labute approximate surface area is 72.8 Å². The number of halogens is 1. The van der Waals surface area contributed by atoms with Crippen LogP contribution in [-0.4, -0.2) is 5.33 Å². The Morgan fingerprint density at radius 1 is 1.22 bits per heavy atom. The number of rotatable bonds is 6. The summed E-state index contributed by atoms with van der Waals surface area (Å²) in [5, 5.41) is 0.506.